The van der Waals surface area contributed by atoms with Crippen molar-refractivity contribution in [1.29, 1.82) is 0 Å². The highest BCUT2D eigenvalue weighted by Gasteiger charge is 2.16. The minimum Gasteiger partial charge on any atom is -0.495 e. The quantitative estimate of drug-likeness (QED) is 0.590. The zero-order chi connectivity index (χ0) is 15.8. The molecule has 0 fully saturated rings. The third-order valence-electron chi connectivity index (χ3n) is 3.19. The fourth-order valence-corrected chi connectivity index (χ4v) is 1.87. The van der Waals surface area contributed by atoms with Crippen LogP contribution in [0.3, 0.4) is 0 Å². The summed E-state index contributed by atoms with van der Waals surface area (Å²) >= 11 is 0. The maximum atomic E-state index is 11.9. The Hall–Kier alpha value is -2.24. The number of carbonyl (C=O) groups excluding carboxylic acids is 2. The van der Waals surface area contributed by atoms with E-state index in [2.05, 4.69) is 5.32 Å². The third kappa shape index (κ3) is 4.66. The van der Waals surface area contributed by atoms with Crippen molar-refractivity contribution in [2.75, 3.05) is 19.5 Å². The van der Waals surface area contributed by atoms with Gasteiger partial charge >= 0.3 is 5.97 Å². The van der Waals surface area contributed by atoms with Crippen molar-refractivity contribution >= 4 is 17.6 Å². The number of hydrogen-bond acceptors (Lipinski definition) is 5. The Morgan fingerprint density at radius 2 is 1.95 bits per heavy atom. The Bertz CT molecular complexity index is 498. The van der Waals surface area contributed by atoms with Gasteiger partial charge in [-0.3, -0.25) is 4.79 Å². The third-order valence-corrected chi connectivity index (χ3v) is 3.19. The number of anilines is 1. The van der Waals surface area contributed by atoms with E-state index in [0.29, 0.717) is 5.75 Å². The number of ether oxygens (including phenoxy) is 2. The number of benzene rings is 1. The topological polar surface area (TPSA) is 90.6 Å². The first kappa shape index (κ1) is 16.8. The van der Waals surface area contributed by atoms with Crippen LogP contribution in [-0.4, -0.2) is 31.6 Å². The van der Waals surface area contributed by atoms with E-state index in [9.17, 15) is 9.59 Å². The van der Waals surface area contributed by atoms with Crippen LogP contribution in [-0.2, 0) is 9.53 Å². The molecule has 1 aromatic carbocycles. The van der Waals surface area contributed by atoms with Gasteiger partial charge in [-0.25, -0.2) is 4.79 Å². The highest BCUT2D eigenvalue weighted by molar-refractivity contribution is 5.97. The highest BCUT2D eigenvalue weighted by atomic mass is 16.5. The number of nitrogen functional groups attached to an aromatic ring is 1. The second kappa shape index (κ2) is 8.14. The van der Waals surface area contributed by atoms with Gasteiger partial charge in [0.15, 0.2) is 6.61 Å². The van der Waals surface area contributed by atoms with E-state index < -0.39 is 5.97 Å². The molecule has 0 aliphatic heterocycles. The van der Waals surface area contributed by atoms with Crippen molar-refractivity contribution in [1.82, 2.24) is 5.32 Å². The smallest absolute Gasteiger partial charge is 0.340 e. The lowest BCUT2D eigenvalue weighted by Gasteiger charge is -2.15. The molecule has 0 aliphatic rings. The molecule has 0 radical (unpaired) electrons. The Morgan fingerprint density at radius 1 is 1.29 bits per heavy atom. The van der Waals surface area contributed by atoms with E-state index in [0.717, 1.165) is 12.8 Å². The SMILES string of the molecule is CCC(CC)NC(=O)COC(=O)c1cccc(OC)c1N. The van der Waals surface area contributed by atoms with Gasteiger partial charge < -0.3 is 20.5 Å². The van der Waals surface area contributed by atoms with Crippen LogP contribution in [0.25, 0.3) is 0 Å². The lowest BCUT2D eigenvalue weighted by Crippen LogP contribution is -2.36. The molecule has 1 rings (SSSR count). The predicted molar refractivity (Wildman–Crippen MR) is 80.2 cm³/mol. The number of para-hydroxylation sites is 1. The summed E-state index contributed by atoms with van der Waals surface area (Å²) in [6, 6.07) is 4.90. The van der Waals surface area contributed by atoms with Crippen LogP contribution in [0, 0.1) is 0 Å². The summed E-state index contributed by atoms with van der Waals surface area (Å²) in [5, 5.41) is 2.79. The van der Waals surface area contributed by atoms with Gasteiger partial charge in [0, 0.05) is 6.04 Å². The molecule has 0 saturated heterocycles. The van der Waals surface area contributed by atoms with Gasteiger partial charge in [0.1, 0.15) is 5.75 Å². The van der Waals surface area contributed by atoms with Crippen LogP contribution in [0.5, 0.6) is 5.75 Å². The lowest BCUT2D eigenvalue weighted by atomic mass is 10.1. The van der Waals surface area contributed by atoms with Gasteiger partial charge in [-0.2, -0.15) is 0 Å². The molecule has 0 spiro atoms. The molecule has 0 heterocycles. The number of hydrogen-bond donors (Lipinski definition) is 2. The summed E-state index contributed by atoms with van der Waals surface area (Å²) in [6.07, 6.45) is 1.66. The molecule has 6 nitrogen and oxygen atoms in total. The summed E-state index contributed by atoms with van der Waals surface area (Å²) in [5.41, 5.74) is 6.18. The molecular weight excluding hydrogens is 272 g/mol. The van der Waals surface area contributed by atoms with Crippen molar-refractivity contribution in [3.05, 3.63) is 23.8 Å². The summed E-state index contributed by atoms with van der Waals surface area (Å²) in [4.78, 5) is 23.6. The van der Waals surface area contributed by atoms with Crippen molar-refractivity contribution in [3.63, 3.8) is 0 Å². The molecule has 21 heavy (non-hydrogen) atoms. The van der Waals surface area contributed by atoms with Gasteiger partial charge in [0.05, 0.1) is 18.4 Å². The first-order valence-corrected chi connectivity index (χ1v) is 6.92. The zero-order valence-corrected chi connectivity index (χ0v) is 12.6. The molecule has 3 N–H and O–H groups in total. The fourth-order valence-electron chi connectivity index (χ4n) is 1.87. The number of nitrogens with one attached hydrogen (secondary N) is 1. The second-order valence-electron chi connectivity index (χ2n) is 4.58. The second-order valence-corrected chi connectivity index (χ2v) is 4.58. The van der Waals surface area contributed by atoms with E-state index in [-0.39, 0.29) is 29.8 Å². The summed E-state index contributed by atoms with van der Waals surface area (Å²) in [6.45, 7) is 3.64. The van der Waals surface area contributed by atoms with E-state index in [1.54, 1.807) is 12.1 Å². The van der Waals surface area contributed by atoms with Crippen molar-refractivity contribution in [2.45, 2.75) is 32.7 Å². The first-order chi connectivity index (χ1) is 10.0. The molecule has 1 aromatic rings. The standard InChI is InChI=1S/C15H22N2O4/c1-4-10(5-2)17-13(18)9-21-15(19)11-7-6-8-12(20-3)14(11)16/h6-8,10H,4-5,9,16H2,1-3H3,(H,17,18). The molecule has 6 heteroatoms. The summed E-state index contributed by atoms with van der Waals surface area (Å²) in [7, 11) is 1.46. The normalized spacial score (nSPS) is 10.3. The molecule has 0 saturated carbocycles. The largest absolute Gasteiger partial charge is 0.495 e. The van der Waals surface area contributed by atoms with Crippen LogP contribution in [0.4, 0.5) is 5.69 Å². The zero-order valence-electron chi connectivity index (χ0n) is 12.6. The van der Waals surface area contributed by atoms with Gasteiger partial charge in [-0.1, -0.05) is 19.9 Å². The molecule has 0 atom stereocenters. The van der Waals surface area contributed by atoms with Crippen LogP contribution in [0.2, 0.25) is 0 Å². The molecule has 0 unspecified atom stereocenters. The lowest BCUT2D eigenvalue weighted by molar-refractivity contribution is -0.125. The number of esters is 1. The Kier molecular flexibility index (Phi) is 6.52. The van der Waals surface area contributed by atoms with Gasteiger partial charge in [-0.15, -0.1) is 0 Å². The highest BCUT2D eigenvalue weighted by Crippen LogP contribution is 2.25. The van der Waals surface area contributed by atoms with Gasteiger partial charge in [0.25, 0.3) is 5.91 Å². The van der Waals surface area contributed by atoms with Crippen molar-refractivity contribution < 1.29 is 19.1 Å². The Balaban J connectivity index is 2.60. The number of nitrogens with two attached hydrogens (primary N) is 1. The number of methoxy groups -OCH3 is 1. The minimum absolute atomic E-state index is 0.0955. The van der Waals surface area contributed by atoms with Crippen molar-refractivity contribution in [3.8, 4) is 5.75 Å². The van der Waals surface area contributed by atoms with Crippen LogP contribution in [0.15, 0.2) is 18.2 Å². The minimum atomic E-state index is -0.647. The van der Waals surface area contributed by atoms with Gasteiger partial charge in [0.2, 0.25) is 0 Å². The molecule has 116 valence electrons. The number of amides is 1. The molecule has 0 aliphatic carbocycles. The van der Waals surface area contributed by atoms with Crippen LogP contribution >= 0.6 is 0 Å². The van der Waals surface area contributed by atoms with Gasteiger partial charge in [-0.05, 0) is 25.0 Å². The van der Waals surface area contributed by atoms with E-state index in [1.807, 2.05) is 13.8 Å². The van der Waals surface area contributed by atoms with E-state index in [4.69, 9.17) is 15.2 Å². The van der Waals surface area contributed by atoms with Crippen LogP contribution < -0.4 is 15.8 Å². The van der Waals surface area contributed by atoms with Crippen molar-refractivity contribution in [2.24, 2.45) is 0 Å². The molecule has 1 amide bonds. The average Bonchev–Trinajstić information content (AvgIpc) is 2.50. The maximum Gasteiger partial charge on any atom is 0.340 e. The monoisotopic (exact) mass is 294 g/mol. The summed E-state index contributed by atoms with van der Waals surface area (Å²) < 4.78 is 10.0. The predicted octanol–water partition coefficient (Wildman–Crippen LogP) is 1.74. The number of rotatable bonds is 7. The van der Waals surface area contributed by atoms with E-state index >= 15 is 0 Å². The maximum absolute atomic E-state index is 11.9. The fraction of sp³-hybridized carbons (Fsp3) is 0.467. The first-order valence-electron chi connectivity index (χ1n) is 6.92. The summed E-state index contributed by atoms with van der Waals surface area (Å²) in [5.74, 6) is -0.574. The molecule has 0 bridgehead atoms. The Morgan fingerprint density at radius 3 is 2.52 bits per heavy atom. The number of carbonyl (C=O) groups is 2. The molecule has 0 aromatic heterocycles. The molecular formula is C15H22N2O4. The van der Waals surface area contributed by atoms with E-state index in [1.165, 1.54) is 13.2 Å². The van der Waals surface area contributed by atoms with Crippen LogP contribution in [0.1, 0.15) is 37.0 Å². The average molecular weight is 294 g/mol. The Labute approximate surface area is 124 Å².